The molecule has 3 rings (SSSR count). The van der Waals surface area contributed by atoms with Crippen molar-refractivity contribution in [1.29, 1.82) is 0 Å². The van der Waals surface area contributed by atoms with Crippen LogP contribution in [0.25, 0.3) is 0 Å². The number of rotatable bonds is 1. The molecule has 1 fully saturated rings. The maximum absolute atomic E-state index is 13.8. The van der Waals surface area contributed by atoms with Gasteiger partial charge in [0.25, 0.3) is 0 Å². The van der Waals surface area contributed by atoms with Crippen LogP contribution in [0.5, 0.6) is 0 Å². The molecule has 1 saturated heterocycles. The number of anilines is 1. The Kier molecular flexibility index (Phi) is 3.75. The standard InChI is InChI=1S/C17H24FN3O/c1-12(2)21-11-17(14-10-13(18)4-5-15(14)21)6-8-20(9-7-17)16(22)19-3/h4-5,10,12H,6-9,11H2,1-3H3,(H,19,22). The molecule has 0 aromatic heterocycles. The van der Waals surface area contributed by atoms with E-state index in [1.807, 2.05) is 11.0 Å². The normalized spacial score (nSPS) is 19.7. The Morgan fingerprint density at radius 3 is 2.59 bits per heavy atom. The van der Waals surface area contributed by atoms with Gasteiger partial charge < -0.3 is 15.1 Å². The Bertz CT molecular complexity index is 579. The largest absolute Gasteiger partial charge is 0.368 e. The monoisotopic (exact) mass is 305 g/mol. The molecule has 22 heavy (non-hydrogen) atoms. The summed E-state index contributed by atoms with van der Waals surface area (Å²) in [6.07, 6.45) is 1.78. The van der Waals surface area contributed by atoms with E-state index < -0.39 is 0 Å². The van der Waals surface area contributed by atoms with Crippen LogP contribution < -0.4 is 10.2 Å². The topological polar surface area (TPSA) is 35.6 Å². The van der Waals surface area contributed by atoms with Gasteiger partial charge >= 0.3 is 6.03 Å². The minimum Gasteiger partial charge on any atom is -0.368 e. The summed E-state index contributed by atoms with van der Waals surface area (Å²) in [6, 6.07) is 5.53. The summed E-state index contributed by atoms with van der Waals surface area (Å²) in [5.41, 5.74) is 2.26. The zero-order valence-corrected chi connectivity index (χ0v) is 13.5. The zero-order valence-electron chi connectivity index (χ0n) is 13.5. The van der Waals surface area contributed by atoms with E-state index in [1.54, 1.807) is 19.2 Å². The first-order chi connectivity index (χ1) is 10.5. The number of carbonyl (C=O) groups excluding carboxylic acids is 1. The first-order valence-corrected chi connectivity index (χ1v) is 8.00. The van der Waals surface area contributed by atoms with Gasteiger partial charge in [0.15, 0.2) is 0 Å². The van der Waals surface area contributed by atoms with Gasteiger partial charge in [-0.15, -0.1) is 0 Å². The fourth-order valence-electron chi connectivity index (χ4n) is 3.86. The third-order valence-electron chi connectivity index (χ3n) is 5.16. The number of halogens is 1. The molecule has 0 bridgehead atoms. The number of nitrogens with one attached hydrogen (secondary N) is 1. The first-order valence-electron chi connectivity index (χ1n) is 8.00. The summed E-state index contributed by atoms with van der Waals surface area (Å²) in [5, 5.41) is 2.69. The Hall–Kier alpha value is -1.78. The van der Waals surface area contributed by atoms with Crippen LogP contribution in [0, 0.1) is 5.82 Å². The third-order valence-corrected chi connectivity index (χ3v) is 5.16. The summed E-state index contributed by atoms with van der Waals surface area (Å²) < 4.78 is 13.8. The number of likely N-dealkylation sites (tertiary alicyclic amines) is 1. The van der Waals surface area contributed by atoms with Gasteiger partial charge in [-0.1, -0.05) is 0 Å². The summed E-state index contributed by atoms with van der Waals surface area (Å²) in [6.45, 7) is 6.71. The molecule has 2 aliphatic rings. The van der Waals surface area contributed by atoms with E-state index in [1.165, 1.54) is 0 Å². The number of nitrogens with zero attached hydrogens (tertiary/aromatic N) is 2. The average Bonchev–Trinajstić information content (AvgIpc) is 2.82. The van der Waals surface area contributed by atoms with E-state index in [0.717, 1.165) is 43.7 Å². The third kappa shape index (κ3) is 2.32. The van der Waals surface area contributed by atoms with Crippen molar-refractivity contribution in [2.45, 2.75) is 38.1 Å². The molecule has 2 heterocycles. The quantitative estimate of drug-likeness (QED) is 0.866. The highest BCUT2D eigenvalue weighted by Gasteiger charge is 2.45. The second-order valence-corrected chi connectivity index (χ2v) is 6.71. The molecule has 1 N–H and O–H groups in total. The lowest BCUT2D eigenvalue weighted by molar-refractivity contribution is 0.163. The summed E-state index contributed by atoms with van der Waals surface area (Å²) in [4.78, 5) is 16.0. The molecule has 2 amide bonds. The van der Waals surface area contributed by atoms with Gasteiger partial charge in [0, 0.05) is 43.8 Å². The lowest BCUT2D eigenvalue weighted by atomic mass is 9.74. The molecule has 1 aromatic rings. The van der Waals surface area contributed by atoms with Crippen LogP contribution in [0.1, 0.15) is 32.3 Å². The van der Waals surface area contributed by atoms with E-state index in [4.69, 9.17) is 0 Å². The Balaban J connectivity index is 1.90. The summed E-state index contributed by atoms with van der Waals surface area (Å²) >= 11 is 0. The van der Waals surface area contributed by atoms with Crippen molar-refractivity contribution in [2.75, 3.05) is 31.6 Å². The lowest BCUT2D eigenvalue weighted by Gasteiger charge is -2.40. The first kappa shape index (κ1) is 15.1. The molecule has 0 atom stereocenters. The molecule has 0 radical (unpaired) electrons. The molecule has 5 heteroatoms. The van der Waals surface area contributed by atoms with E-state index in [2.05, 4.69) is 24.1 Å². The molecule has 0 aliphatic carbocycles. The van der Waals surface area contributed by atoms with Crippen molar-refractivity contribution >= 4 is 11.7 Å². The number of hydrogen-bond donors (Lipinski definition) is 1. The predicted octanol–water partition coefficient (Wildman–Crippen LogP) is 2.73. The Morgan fingerprint density at radius 2 is 2.00 bits per heavy atom. The summed E-state index contributed by atoms with van der Waals surface area (Å²) in [5.74, 6) is -0.169. The van der Waals surface area contributed by atoms with Crippen molar-refractivity contribution in [3.8, 4) is 0 Å². The molecule has 0 unspecified atom stereocenters. The smallest absolute Gasteiger partial charge is 0.317 e. The van der Waals surface area contributed by atoms with E-state index in [-0.39, 0.29) is 17.3 Å². The highest BCUT2D eigenvalue weighted by atomic mass is 19.1. The minimum absolute atomic E-state index is 0.0203. The SMILES string of the molecule is CNC(=O)N1CCC2(CC1)CN(C(C)C)c1ccc(F)cc12. The van der Waals surface area contributed by atoms with Crippen molar-refractivity contribution < 1.29 is 9.18 Å². The van der Waals surface area contributed by atoms with Crippen LogP contribution in [0.2, 0.25) is 0 Å². The predicted molar refractivity (Wildman–Crippen MR) is 85.8 cm³/mol. The van der Waals surface area contributed by atoms with Gasteiger partial charge in [-0.05, 0) is 50.5 Å². The fourth-order valence-corrected chi connectivity index (χ4v) is 3.86. The van der Waals surface area contributed by atoms with Crippen LogP contribution >= 0.6 is 0 Å². The molecular formula is C17H24FN3O. The molecule has 2 aliphatic heterocycles. The van der Waals surface area contributed by atoms with E-state index in [0.29, 0.717) is 6.04 Å². The van der Waals surface area contributed by atoms with Gasteiger partial charge in [-0.3, -0.25) is 0 Å². The second kappa shape index (κ2) is 5.45. The van der Waals surface area contributed by atoms with Crippen LogP contribution in [0.3, 0.4) is 0 Å². The highest BCUT2D eigenvalue weighted by molar-refractivity contribution is 5.74. The number of fused-ring (bicyclic) bond motifs is 2. The minimum atomic E-state index is -0.169. The van der Waals surface area contributed by atoms with Gasteiger partial charge in [0.2, 0.25) is 0 Å². The summed E-state index contributed by atoms with van der Waals surface area (Å²) in [7, 11) is 1.66. The number of benzene rings is 1. The average molecular weight is 305 g/mol. The van der Waals surface area contributed by atoms with Crippen molar-refractivity contribution in [1.82, 2.24) is 10.2 Å². The Labute approximate surface area is 131 Å². The van der Waals surface area contributed by atoms with Gasteiger partial charge in [0.05, 0.1) is 0 Å². The molecule has 0 saturated carbocycles. The molecule has 1 spiro atoms. The maximum atomic E-state index is 13.8. The van der Waals surface area contributed by atoms with Gasteiger partial charge in [0.1, 0.15) is 5.82 Å². The lowest BCUT2D eigenvalue weighted by Crippen LogP contribution is -2.49. The van der Waals surface area contributed by atoms with Crippen molar-refractivity contribution in [3.63, 3.8) is 0 Å². The van der Waals surface area contributed by atoms with Crippen LogP contribution in [-0.4, -0.2) is 43.7 Å². The molecule has 1 aromatic carbocycles. The van der Waals surface area contributed by atoms with Gasteiger partial charge in [-0.2, -0.15) is 0 Å². The number of hydrogen-bond acceptors (Lipinski definition) is 2. The van der Waals surface area contributed by atoms with E-state index >= 15 is 0 Å². The van der Waals surface area contributed by atoms with Crippen LogP contribution in [-0.2, 0) is 5.41 Å². The molecular weight excluding hydrogens is 281 g/mol. The molecule has 120 valence electrons. The number of urea groups is 1. The van der Waals surface area contributed by atoms with Crippen LogP contribution in [0.15, 0.2) is 18.2 Å². The van der Waals surface area contributed by atoms with Gasteiger partial charge in [-0.25, -0.2) is 9.18 Å². The van der Waals surface area contributed by atoms with E-state index in [9.17, 15) is 9.18 Å². The second-order valence-electron chi connectivity index (χ2n) is 6.71. The zero-order chi connectivity index (χ0) is 15.9. The number of carbonyl (C=O) groups is 1. The maximum Gasteiger partial charge on any atom is 0.317 e. The number of amides is 2. The molecule has 4 nitrogen and oxygen atoms in total. The number of piperidine rings is 1. The fraction of sp³-hybridized carbons (Fsp3) is 0.588. The Morgan fingerprint density at radius 1 is 1.32 bits per heavy atom. The van der Waals surface area contributed by atoms with Crippen molar-refractivity contribution in [3.05, 3.63) is 29.6 Å². The van der Waals surface area contributed by atoms with Crippen molar-refractivity contribution in [2.24, 2.45) is 0 Å². The highest BCUT2D eigenvalue weighted by Crippen LogP contribution is 2.47. The van der Waals surface area contributed by atoms with Crippen LogP contribution in [0.4, 0.5) is 14.9 Å².